The van der Waals surface area contributed by atoms with Crippen LogP contribution in [0, 0.1) is 11.3 Å². The largest absolute Gasteiger partial charge is 0.317 e. The Hall–Kier alpha value is -0.830. The molecule has 0 spiro atoms. The number of aromatic nitrogens is 2. The lowest BCUT2D eigenvalue weighted by Gasteiger charge is -2.26. The topological polar surface area (TPSA) is 29.9 Å². The summed E-state index contributed by atoms with van der Waals surface area (Å²) in [5.41, 5.74) is 1.61. The maximum Gasteiger partial charge on any atom is 0.0640 e. The van der Waals surface area contributed by atoms with Crippen molar-refractivity contribution in [3.63, 3.8) is 0 Å². The normalized spacial score (nSPS) is 15.6. The van der Waals surface area contributed by atoms with Crippen molar-refractivity contribution in [2.45, 2.75) is 72.9 Å². The van der Waals surface area contributed by atoms with Gasteiger partial charge in [0, 0.05) is 24.7 Å². The van der Waals surface area contributed by atoms with E-state index in [0.29, 0.717) is 17.5 Å². The minimum atomic E-state index is 0.414. The summed E-state index contributed by atoms with van der Waals surface area (Å²) in [7, 11) is 2.06. The molecule has 3 heteroatoms. The molecule has 0 saturated heterocycles. The average Bonchev–Trinajstić information content (AvgIpc) is 2.74. The first-order valence-electron chi connectivity index (χ1n) is 7.92. The third kappa shape index (κ3) is 6.08. The van der Waals surface area contributed by atoms with E-state index in [1.165, 1.54) is 18.5 Å². The molecule has 1 rings (SSSR count). The van der Waals surface area contributed by atoms with E-state index >= 15 is 0 Å². The maximum absolute atomic E-state index is 4.66. The fourth-order valence-electron chi connectivity index (χ4n) is 2.94. The molecule has 1 aromatic heterocycles. The number of nitrogens with zero attached hydrogens (tertiary/aromatic N) is 2. The highest BCUT2D eigenvalue weighted by Gasteiger charge is 2.19. The molecule has 0 fully saturated rings. The van der Waals surface area contributed by atoms with Gasteiger partial charge in [-0.2, -0.15) is 5.10 Å². The first kappa shape index (κ1) is 17.2. The Bertz CT molecular complexity index is 387. The number of hydrogen-bond donors (Lipinski definition) is 1. The van der Waals surface area contributed by atoms with Crippen LogP contribution in [0.2, 0.25) is 0 Å². The van der Waals surface area contributed by atoms with Crippen molar-refractivity contribution in [2.75, 3.05) is 7.05 Å². The quantitative estimate of drug-likeness (QED) is 0.816. The smallest absolute Gasteiger partial charge is 0.0640 e. The third-order valence-electron chi connectivity index (χ3n) is 3.70. The lowest BCUT2D eigenvalue weighted by Crippen LogP contribution is -2.30. The second kappa shape index (κ2) is 7.26. The summed E-state index contributed by atoms with van der Waals surface area (Å²) in [5, 5.41) is 8.11. The molecular weight excluding hydrogens is 246 g/mol. The molecule has 0 bridgehead atoms. The maximum atomic E-state index is 4.66. The zero-order valence-electron chi connectivity index (χ0n) is 14.4. The second-order valence-corrected chi connectivity index (χ2v) is 7.68. The Morgan fingerprint density at radius 3 is 2.35 bits per heavy atom. The fourth-order valence-corrected chi connectivity index (χ4v) is 2.94. The predicted molar refractivity (Wildman–Crippen MR) is 87.0 cm³/mol. The van der Waals surface area contributed by atoms with Gasteiger partial charge in [0.25, 0.3) is 0 Å². The van der Waals surface area contributed by atoms with Gasteiger partial charge in [-0.05, 0) is 51.1 Å². The molecule has 0 aliphatic carbocycles. The molecule has 0 amide bonds. The molecule has 1 N–H and O–H groups in total. The summed E-state index contributed by atoms with van der Waals surface area (Å²) in [5.74, 6) is 0.736. The Balaban J connectivity index is 2.53. The molecule has 1 aromatic rings. The van der Waals surface area contributed by atoms with Gasteiger partial charge >= 0.3 is 0 Å². The van der Waals surface area contributed by atoms with Gasteiger partial charge in [-0.1, -0.05) is 27.7 Å². The van der Waals surface area contributed by atoms with Gasteiger partial charge in [0.05, 0.1) is 5.69 Å². The van der Waals surface area contributed by atoms with E-state index in [1.54, 1.807) is 0 Å². The summed E-state index contributed by atoms with van der Waals surface area (Å²) < 4.78 is 2.04. The first-order valence-corrected chi connectivity index (χ1v) is 7.92. The van der Waals surface area contributed by atoms with Gasteiger partial charge in [0.15, 0.2) is 0 Å². The summed E-state index contributed by atoms with van der Waals surface area (Å²) in [4.78, 5) is 0. The van der Waals surface area contributed by atoms with Crippen LogP contribution in [-0.2, 0) is 6.42 Å². The third-order valence-corrected chi connectivity index (χ3v) is 3.70. The van der Waals surface area contributed by atoms with Crippen molar-refractivity contribution in [1.82, 2.24) is 15.1 Å². The molecule has 3 nitrogen and oxygen atoms in total. The van der Waals surface area contributed by atoms with Crippen molar-refractivity contribution < 1.29 is 0 Å². The molecule has 0 radical (unpaired) electrons. The number of rotatable bonds is 7. The Morgan fingerprint density at radius 2 is 1.90 bits per heavy atom. The molecule has 116 valence electrons. The zero-order valence-corrected chi connectivity index (χ0v) is 14.4. The van der Waals surface area contributed by atoms with Crippen molar-refractivity contribution in [3.05, 3.63) is 18.0 Å². The predicted octanol–water partition coefficient (Wildman–Crippen LogP) is 4.06. The van der Waals surface area contributed by atoms with E-state index in [2.05, 4.69) is 71.3 Å². The van der Waals surface area contributed by atoms with E-state index in [1.807, 2.05) is 4.68 Å². The van der Waals surface area contributed by atoms with Crippen LogP contribution in [0.4, 0.5) is 0 Å². The summed E-state index contributed by atoms with van der Waals surface area (Å²) in [6.07, 6.45) is 5.59. The van der Waals surface area contributed by atoms with Gasteiger partial charge in [0.2, 0.25) is 0 Å². The molecule has 0 aliphatic rings. The molecule has 2 atom stereocenters. The van der Waals surface area contributed by atoms with Crippen LogP contribution in [-0.4, -0.2) is 22.9 Å². The van der Waals surface area contributed by atoms with Crippen molar-refractivity contribution >= 4 is 0 Å². The second-order valence-electron chi connectivity index (χ2n) is 7.68. The highest BCUT2D eigenvalue weighted by molar-refractivity contribution is 5.02. The minimum absolute atomic E-state index is 0.414. The van der Waals surface area contributed by atoms with Crippen LogP contribution in [0.25, 0.3) is 0 Å². The highest BCUT2D eigenvalue weighted by Crippen LogP contribution is 2.27. The van der Waals surface area contributed by atoms with E-state index in [9.17, 15) is 0 Å². The van der Waals surface area contributed by atoms with E-state index in [4.69, 9.17) is 0 Å². The number of likely N-dealkylation sites (N-methyl/N-ethyl adjacent to an activating group) is 1. The molecule has 2 unspecified atom stereocenters. The van der Waals surface area contributed by atoms with Crippen LogP contribution >= 0.6 is 0 Å². The summed E-state index contributed by atoms with van der Waals surface area (Å²) in [6, 6.07) is 3.11. The van der Waals surface area contributed by atoms with Gasteiger partial charge in [-0.25, -0.2) is 0 Å². The molecule has 1 heterocycles. The van der Waals surface area contributed by atoms with Crippen molar-refractivity contribution in [1.29, 1.82) is 0 Å². The molecule has 0 aliphatic heterocycles. The van der Waals surface area contributed by atoms with Crippen LogP contribution < -0.4 is 5.32 Å². The standard InChI is InChI=1S/C17H33N3/c1-13(2)20-9-8-15(19-20)11-16(18-7)10-14(3)12-17(4,5)6/h8-9,13-14,16,18H,10-12H2,1-7H3. The van der Waals surface area contributed by atoms with E-state index in [-0.39, 0.29) is 0 Å². The van der Waals surface area contributed by atoms with Crippen LogP contribution in [0.1, 0.15) is 66.1 Å². The van der Waals surface area contributed by atoms with Crippen molar-refractivity contribution in [2.24, 2.45) is 11.3 Å². The molecular formula is C17H33N3. The monoisotopic (exact) mass is 279 g/mol. The Morgan fingerprint density at radius 1 is 1.25 bits per heavy atom. The van der Waals surface area contributed by atoms with E-state index in [0.717, 1.165) is 12.3 Å². The highest BCUT2D eigenvalue weighted by atomic mass is 15.3. The SMILES string of the molecule is CNC(Cc1ccn(C(C)C)n1)CC(C)CC(C)(C)C. The lowest BCUT2D eigenvalue weighted by molar-refractivity contribution is 0.277. The van der Waals surface area contributed by atoms with Gasteiger partial charge < -0.3 is 5.32 Å². The zero-order chi connectivity index (χ0) is 15.3. The van der Waals surface area contributed by atoms with Gasteiger partial charge in [-0.3, -0.25) is 4.68 Å². The molecule has 20 heavy (non-hydrogen) atoms. The molecule has 0 saturated carbocycles. The minimum Gasteiger partial charge on any atom is -0.317 e. The number of hydrogen-bond acceptors (Lipinski definition) is 2. The van der Waals surface area contributed by atoms with Gasteiger partial charge in [-0.15, -0.1) is 0 Å². The number of nitrogens with one attached hydrogen (secondary N) is 1. The van der Waals surface area contributed by atoms with Crippen LogP contribution in [0.5, 0.6) is 0 Å². The lowest BCUT2D eigenvalue weighted by atomic mass is 9.82. The summed E-state index contributed by atoms with van der Waals surface area (Å²) in [6.45, 7) is 13.7. The first-order chi connectivity index (χ1) is 9.21. The van der Waals surface area contributed by atoms with Gasteiger partial charge in [0.1, 0.15) is 0 Å². The molecule has 0 aromatic carbocycles. The van der Waals surface area contributed by atoms with Crippen LogP contribution in [0.3, 0.4) is 0 Å². The fraction of sp³-hybridized carbons (Fsp3) is 0.824. The van der Waals surface area contributed by atoms with E-state index < -0.39 is 0 Å². The van der Waals surface area contributed by atoms with Crippen molar-refractivity contribution in [3.8, 4) is 0 Å². The average molecular weight is 279 g/mol. The Labute approximate surface area is 125 Å². The van der Waals surface area contributed by atoms with Crippen LogP contribution in [0.15, 0.2) is 12.3 Å². The summed E-state index contributed by atoms with van der Waals surface area (Å²) >= 11 is 0. The Kier molecular flexibility index (Phi) is 6.25.